The highest BCUT2D eigenvalue weighted by atomic mass is 16.4. The first-order valence-corrected chi connectivity index (χ1v) is 25.0. The van der Waals surface area contributed by atoms with Crippen LogP contribution < -0.4 is 0 Å². The molecule has 0 bridgehead atoms. The first-order valence-electron chi connectivity index (χ1n) is 25.0. The zero-order valence-electron chi connectivity index (χ0n) is 39.1. The molecule has 0 saturated heterocycles. The van der Waals surface area contributed by atoms with E-state index in [1.807, 2.05) is 0 Å². The van der Waals surface area contributed by atoms with Crippen LogP contribution in [0.5, 0.6) is 0 Å². The molecule has 58 heavy (non-hydrogen) atoms. The van der Waals surface area contributed by atoms with Crippen LogP contribution in [-0.2, 0) is 19.2 Å². The number of hydrogen-bond donors (Lipinski definition) is 4. The average Bonchev–Trinajstić information content (AvgIpc) is 3.18. The van der Waals surface area contributed by atoms with Gasteiger partial charge < -0.3 is 20.4 Å². The van der Waals surface area contributed by atoms with Gasteiger partial charge in [-0.05, 0) is 25.7 Å². The summed E-state index contributed by atoms with van der Waals surface area (Å²) in [5.74, 6) is -2.65. The Bertz CT molecular complexity index is 791. The van der Waals surface area contributed by atoms with Crippen molar-refractivity contribution in [3.05, 3.63) is 0 Å². The van der Waals surface area contributed by atoms with Gasteiger partial charge in [0.1, 0.15) is 0 Å². The summed E-state index contributed by atoms with van der Waals surface area (Å²) in [4.78, 5) is 40.7. The molecule has 0 amide bonds. The third-order valence-corrected chi connectivity index (χ3v) is 10.5. The summed E-state index contributed by atoms with van der Waals surface area (Å²) in [7, 11) is 0. The fourth-order valence-corrected chi connectivity index (χ4v) is 6.70. The van der Waals surface area contributed by atoms with E-state index in [0.29, 0.717) is 25.7 Å². The van der Waals surface area contributed by atoms with Crippen molar-refractivity contribution in [3.63, 3.8) is 0 Å². The second-order valence-electron chi connectivity index (χ2n) is 16.6. The Morgan fingerprint density at radius 3 is 0.414 bits per heavy atom. The van der Waals surface area contributed by atoms with Crippen LogP contribution in [-0.4, -0.2) is 44.3 Å². The molecule has 0 saturated carbocycles. The van der Waals surface area contributed by atoms with Crippen molar-refractivity contribution in [3.8, 4) is 0 Å². The molecule has 0 heterocycles. The molecule has 0 rings (SSSR count). The van der Waals surface area contributed by atoms with E-state index in [0.717, 1.165) is 51.4 Å². The maximum absolute atomic E-state index is 10.3. The van der Waals surface area contributed by atoms with Crippen LogP contribution >= 0.6 is 0 Å². The Morgan fingerprint density at radius 1 is 0.207 bits per heavy atom. The molecule has 0 radical (unpaired) electrons. The second kappa shape index (κ2) is 59.2. The summed E-state index contributed by atoms with van der Waals surface area (Å²) in [6.07, 6.45) is 49.2. The fourth-order valence-electron chi connectivity index (χ4n) is 6.70. The van der Waals surface area contributed by atoms with E-state index in [1.54, 1.807) is 0 Å². The zero-order chi connectivity index (χ0) is 44.0. The lowest BCUT2D eigenvalue weighted by atomic mass is 10.0. The third-order valence-electron chi connectivity index (χ3n) is 10.5. The van der Waals surface area contributed by atoms with Crippen molar-refractivity contribution in [2.24, 2.45) is 0 Å². The van der Waals surface area contributed by atoms with Gasteiger partial charge in [0.05, 0.1) is 0 Å². The van der Waals surface area contributed by atoms with Crippen LogP contribution in [0.4, 0.5) is 0 Å². The topological polar surface area (TPSA) is 149 Å². The highest BCUT2D eigenvalue weighted by Crippen LogP contribution is 2.15. The highest BCUT2D eigenvalue weighted by molar-refractivity contribution is 5.67. The van der Waals surface area contributed by atoms with E-state index >= 15 is 0 Å². The molecule has 0 aromatic heterocycles. The standard InChI is InChI=1S/C18H36O2.C16H32O2.2C8H16O2/c1-2-3-4-5-6-7-8-9-10-11-12-13-14-15-16-17-18(19)20;1-2-3-4-5-6-7-8-9-10-11-12-13-14-15-16(17)18;2*1-2-3-4-5-6-7-8(9)10/h2-17H2,1H3,(H,19,20);2-15H2,1H3,(H,17,18);2*2-7H2,1H3,(H,9,10). The Morgan fingerprint density at radius 2 is 0.310 bits per heavy atom. The van der Waals surface area contributed by atoms with Gasteiger partial charge in [-0.1, -0.05) is 246 Å². The van der Waals surface area contributed by atoms with Crippen molar-refractivity contribution in [1.29, 1.82) is 0 Å². The van der Waals surface area contributed by atoms with Crippen LogP contribution in [0.15, 0.2) is 0 Å². The molecule has 8 heteroatoms. The van der Waals surface area contributed by atoms with Crippen LogP contribution in [0.25, 0.3) is 0 Å². The molecule has 0 unspecified atom stereocenters. The van der Waals surface area contributed by atoms with E-state index < -0.39 is 23.9 Å². The molecule has 0 atom stereocenters. The first kappa shape index (κ1) is 62.5. The Labute approximate surface area is 359 Å². The lowest BCUT2D eigenvalue weighted by Gasteiger charge is -2.03. The van der Waals surface area contributed by atoms with E-state index in [2.05, 4.69) is 27.7 Å². The summed E-state index contributed by atoms with van der Waals surface area (Å²) >= 11 is 0. The maximum atomic E-state index is 10.3. The summed E-state index contributed by atoms with van der Waals surface area (Å²) in [5.41, 5.74) is 0. The van der Waals surface area contributed by atoms with E-state index in [-0.39, 0.29) is 0 Å². The first-order chi connectivity index (χ1) is 28.1. The average molecular weight is 829 g/mol. The van der Waals surface area contributed by atoms with Gasteiger partial charge in [-0.15, -0.1) is 0 Å². The van der Waals surface area contributed by atoms with Crippen LogP contribution in [0, 0.1) is 0 Å². The molecule has 0 aliphatic carbocycles. The van der Waals surface area contributed by atoms with E-state index in [1.165, 1.54) is 193 Å². The minimum atomic E-state index is -0.670. The highest BCUT2D eigenvalue weighted by Gasteiger charge is 1.99. The van der Waals surface area contributed by atoms with E-state index in [4.69, 9.17) is 20.4 Å². The lowest BCUT2D eigenvalue weighted by Crippen LogP contribution is -1.93. The Balaban J connectivity index is -0.000000351. The SMILES string of the molecule is CCCCCCCC(=O)O.CCCCCCCC(=O)O.CCCCCCCCCCCCCCCC(=O)O.CCCCCCCCCCCCCCCCCC(=O)O. The molecule has 348 valence electrons. The van der Waals surface area contributed by atoms with Crippen molar-refractivity contribution in [2.45, 2.75) is 297 Å². The second-order valence-corrected chi connectivity index (χ2v) is 16.6. The number of rotatable bonds is 42. The molecular weight excluding hydrogens is 729 g/mol. The lowest BCUT2D eigenvalue weighted by molar-refractivity contribution is -0.138. The molecular formula is C50H100O8. The predicted octanol–water partition coefficient (Wildman–Crippen LogP) is 16.7. The number of unbranched alkanes of at least 4 members (excludes halogenated alkanes) is 34. The van der Waals surface area contributed by atoms with Gasteiger partial charge in [0.25, 0.3) is 0 Å². The summed E-state index contributed by atoms with van der Waals surface area (Å²) < 4.78 is 0. The molecule has 0 aliphatic heterocycles. The van der Waals surface area contributed by atoms with Gasteiger partial charge in [0, 0.05) is 25.7 Å². The van der Waals surface area contributed by atoms with Gasteiger partial charge >= 0.3 is 23.9 Å². The number of aliphatic carboxylic acids is 4. The van der Waals surface area contributed by atoms with Crippen molar-refractivity contribution in [2.75, 3.05) is 0 Å². The van der Waals surface area contributed by atoms with Crippen LogP contribution in [0.2, 0.25) is 0 Å². The van der Waals surface area contributed by atoms with Crippen LogP contribution in [0.3, 0.4) is 0 Å². The zero-order valence-corrected chi connectivity index (χ0v) is 39.1. The van der Waals surface area contributed by atoms with Crippen molar-refractivity contribution in [1.82, 2.24) is 0 Å². The third kappa shape index (κ3) is 78.2. The fraction of sp³-hybridized carbons (Fsp3) is 0.920. The smallest absolute Gasteiger partial charge is 0.303 e. The molecule has 0 aliphatic rings. The number of carbonyl (C=O) groups is 4. The number of carboxylic acid groups (broad SMARTS) is 4. The molecule has 4 N–H and O–H groups in total. The summed E-state index contributed by atoms with van der Waals surface area (Å²) in [6.45, 7) is 8.83. The molecule has 0 aromatic rings. The van der Waals surface area contributed by atoms with Crippen LogP contribution in [0.1, 0.15) is 297 Å². The molecule has 8 nitrogen and oxygen atoms in total. The van der Waals surface area contributed by atoms with Gasteiger partial charge in [0.15, 0.2) is 0 Å². The summed E-state index contributed by atoms with van der Waals surface area (Å²) in [5, 5.41) is 33.5. The minimum absolute atomic E-state index is 0.337. The number of hydrogen-bond acceptors (Lipinski definition) is 4. The number of carboxylic acids is 4. The maximum Gasteiger partial charge on any atom is 0.303 e. The Kier molecular flexibility index (Phi) is 63.8. The van der Waals surface area contributed by atoms with E-state index in [9.17, 15) is 19.2 Å². The largest absolute Gasteiger partial charge is 0.481 e. The monoisotopic (exact) mass is 829 g/mol. The predicted molar refractivity (Wildman–Crippen MR) is 247 cm³/mol. The molecule has 0 aromatic carbocycles. The van der Waals surface area contributed by atoms with Crippen molar-refractivity contribution >= 4 is 23.9 Å². The normalized spacial score (nSPS) is 10.4. The van der Waals surface area contributed by atoms with Gasteiger partial charge in [-0.3, -0.25) is 19.2 Å². The summed E-state index contributed by atoms with van der Waals surface area (Å²) in [6, 6.07) is 0. The molecule has 0 fully saturated rings. The molecule has 0 spiro atoms. The van der Waals surface area contributed by atoms with Gasteiger partial charge in [-0.25, -0.2) is 0 Å². The minimum Gasteiger partial charge on any atom is -0.481 e. The Hall–Kier alpha value is -2.12. The van der Waals surface area contributed by atoms with Gasteiger partial charge in [0.2, 0.25) is 0 Å². The quantitative estimate of drug-likeness (QED) is 0.0444. The van der Waals surface area contributed by atoms with Crippen molar-refractivity contribution < 1.29 is 39.6 Å². The van der Waals surface area contributed by atoms with Gasteiger partial charge in [-0.2, -0.15) is 0 Å².